The predicted molar refractivity (Wildman–Crippen MR) is 135 cm³/mol. The summed E-state index contributed by atoms with van der Waals surface area (Å²) in [7, 11) is 0. The Morgan fingerprint density at radius 1 is 1.00 bits per heavy atom. The molecule has 9 heteroatoms. The predicted octanol–water partition coefficient (Wildman–Crippen LogP) is 5.70. The van der Waals surface area contributed by atoms with Gasteiger partial charge >= 0.3 is 0 Å². The molecule has 2 aromatic carbocycles. The number of rotatable bonds is 6. The average Bonchev–Trinajstić information content (AvgIpc) is 3.31. The fourth-order valence-corrected chi connectivity index (χ4v) is 4.03. The van der Waals surface area contributed by atoms with Crippen LogP contribution in [-0.2, 0) is 13.1 Å². The van der Waals surface area contributed by atoms with Crippen LogP contribution in [0.4, 0.5) is 15.9 Å². The normalized spacial score (nSPS) is 10.9. The van der Waals surface area contributed by atoms with E-state index in [0.717, 1.165) is 17.1 Å². The van der Waals surface area contributed by atoms with E-state index in [1.54, 1.807) is 16.8 Å². The van der Waals surface area contributed by atoms with Crippen LogP contribution in [0.5, 0.6) is 0 Å². The Morgan fingerprint density at radius 2 is 1.79 bits per heavy atom. The molecule has 0 fully saturated rings. The molecule has 170 valence electrons. The number of halogens is 2. The van der Waals surface area contributed by atoms with Crippen molar-refractivity contribution in [2.45, 2.75) is 33.9 Å². The topological polar surface area (TPSA) is 59.7 Å². The van der Waals surface area contributed by atoms with Gasteiger partial charge in [-0.3, -0.25) is 9.36 Å². The van der Waals surface area contributed by atoms with Crippen LogP contribution in [0.25, 0.3) is 0 Å². The van der Waals surface area contributed by atoms with E-state index >= 15 is 0 Å². The van der Waals surface area contributed by atoms with Crippen molar-refractivity contribution in [3.63, 3.8) is 0 Å². The summed E-state index contributed by atoms with van der Waals surface area (Å²) in [5.41, 5.74) is 5.16. The lowest BCUT2D eigenvalue weighted by Crippen LogP contribution is -2.20. The summed E-state index contributed by atoms with van der Waals surface area (Å²) < 4.78 is 17.8. The van der Waals surface area contributed by atoms with Gasteiger partial charge in [-0.2, -0.15) is 10.2 Å². The van der Waals surface area contributed by atoms with Crippen LogP contribution >= 0.6 is 23.8 Å². The molecule has 0 saturated heterocycles. The van der Waals surface area contributed by atoms with Crippen LogP contribution < -0.4 is 10.6 Å². The van der Waals surface area contributed by atoms with Gasteiger partial charge in [0.05, 0.1) is 30.2 Å². The van der Waals surface area contributed by atoms with E-state index in [1.807, 2.05) is 42.9 Å². The van der Waals surface area contributed by atoms with Gasteiger partial charge in [-0.05, 0) is 56.2 Å². The zero-order valence-corrected chi connectivity index (χ0v) is 20.1. The monoisotopic (exact) mass is 482 g/mol. The van der Waals surface area contributed by atoms with E-state index in [9.17, 15) is 4.39 Å². The molecule has 0 unspecified atom stereocenters. The summed E-state index contributed by atoms with van der Waals surface area (Å²) in [5.74, 6) is 0.282. The maximum Gasteiger partial charge on any atom is 0.176 e. The van der Waals surface area contributed by atoms with Crippen molar-refractivity contribution in [3.05, 3.63) is 93.6 Å². The third kappa shape index (κ3) is 5.23. The van der Waals surface area contributed by atoms with Crippen molar-refractivity contribution >= 4 is 40.4 Å². The lowest BCUT2D eigenvalue weighted by molar-refractivity contribution is 0.579. The Bertz CT molecular complexity index is 1290. The van der Waals surface area contributed by atoms with E-state index in [-0.39, 0.29) is 12.4 Å². The molecule has 0 radical (unpaired) electrons. The zero-order chi connectivity index (χ0) is 23.5. The van der Waals surface area contributed by atoms with E-state index in [2.05, 4.69) is 39.9 Å². The minimum absolute atomic E-state index is 0.226. The minimum Gasteiger partial charge on any atom is -0.329 e. The maximum absolute atomic E-state index is 14.2. The number of hydrogen-bond donors (Lipinski definition) is 2. The lowest BCUT2D eigenvalue weighted by atomic mass is 10.1. The Labute approximate surface area is 202 Å². The van der Waals surface area contributed by atoms with E-state index in [1.165, 1.54) is 17.2 Å². The SMILES string of the molecule is Cc1ccccc1Cn1ccc(NC(=S)Nc2c(C)nn(Cc3c(F)cccc3Cl)c2C)n1. The molecule has 0 aliphatic rings. The first-order valence-corrected chi connectivity index (χ1v) is 11.2. The fourth-order valence-electron chi connectivity index (χ4n) is 3.60. The lowest BCUT2D eigenvalue weighted by Gasteiger charge is -2.11. The fraction of sp³-hybridized carbons (Fsp3) is 0.208. The smallest absolute Gasteiger partial charge is 0.176 e. The Balaban J connectivity index is 1.43. The van der Waals surface area contributed by atoms with Crippen molar-refractivity contribution in [2.75, 3.05) is 10.6 Å². The summed E-state index contributed by atoms with van der Waals surface area (Å²) >= 11 is 11.7. The van der Waals surface area contributed by atoms with Crippen LogP contribution in [0.1, 0.15) is 28.1 Å². The Hall–Kier alpha value is -3.23. The van der Waals surface area contributed by atoms with E-state index in [4.69, 9.17) is 23.8 Å². The highest BCUT2D eigenvalue weighted by molar-refractivity contribution is 7.80. The number of aryl methyl sites for hydroxylation is 2. The molecule has 2 aromatic heterocycles. The average molecular weight is 483 g/mol. The molecule has 6 nitrogen and oxygen atoms in total. The Morgan fingerprint density at radius 3 is 2.55 bits per heavy atom. The van der Waals surface area contributed by atoms with Crippen molar-refractivity contribution in [1.82, 2.24) is 19.6 Å². The number of thiocarbonyl (C=S) groups is 1. The number of benzene rings is 2. The molecule has 0 aliphatic heterocycles. The number of nitrogens with one attached hydrogen (secondary N) is 2. The van der Waals surface area contributed by atoms with Crippen molar-refractivity contribution in [1.29, 1.82) is 0 Å². The molecule has 4 rings (SSSR count). The molecule has 4 aromatic rings. The van der Waals surface area contributed by atoms with Crippen LogP contribution in [0.2, 0.25) is 5.02 Å². The Kier molecular flexibility index (Phi) is 6.76. The molecule has 0 atom stereocenters. The number of hydrogen-bond acceptors (Lipinski definition) is 3. The second-order valence-electron chi connectivity index (χ2n) is 7.81. The van der Waals surface area contributed by atoms with Gasteiger partial charge in [-0.15, -0.1) is 0 Å². The zero-order valence-electron chi connectivity index (χ0n) is 18.6. The summed E-state index contributed by atoms with van der Waals surface area (Å²) in [6.45, 7) is 6.76. The second kappa shape index (κ2) is 9.72. The second-order valence-corrected chi connectivity index (χ2v) is 8.62. The molecule has 0 bridgehead atoms. The summed E-state index contributed by atoms with van der Waals surface area (Å²) in [4.78, 5) is 0. The molecule has 0 aliphatic carbocycles. The van der Waals surface area contributed by atoms with Gasteiger partial charge in [-0.1, -0.05) is 41.9 Å². The van der Waals surface area contributed by atoms with Gasteiger partial charge in [-0.25, -0.2) is 4.39 Å². The molecule has 33 heavy (non-hydrogen) atoms. The van der Waals surface area contributed by atoms with Gasteiger partial charge in [0.2, 0.25) is 0 Å². The standard InChI is InChI=1S/C24H24ClFN6S/c1-15-7-4-5-8-18(15)13-31-12-11-22(30-31)27-24(33)28-23-16(2)29-32(17(23)3)14-19-20(25)9-6-10-21(19)26/h4-12H,13-14H2,1-3H3,(H2,27,28,30,33). The minimum atomic E-state index is -0.358. The van der Waals surface area contributed by atoms with Gasteiger partial charge in [0.15, 0.2) is 10.9 Å². The van der Waals surface area contributed by atoms with Gasteiger partial charge in [0.1, 0.15) is 5.82 Å². The molecular weight excluding hydrogens is 459 g/mol. The first-order valence-electron chi connectivity index (χ1n) is 10.4. The molecule has 0 saturated carbocycles. The van der Waals surface area contributed by atoms with Crippen molar-refractivity contribution in [2.24, 2.45) is 0 Å². The van der Waals surface area contributed by atoms with Crippen LogP contribution in [0, 0.1) is 26.6 Å². The highest BCUT2D eigenvalue weighted by atomic mass is 35.5. The highest BCUT2D eigenvalue weighted by Crippen LogP contribution is 2.24. The van der Waals surface area contributed by atoms with Crippen molar-refractivity contribution in [3.8, 4) is 0 Å². The first kappa shape index (κ1) is 22.9. The maximum atomic E-state index is 14.2. The van der Waals surface area contributed by atoms with Crippen molar-refractivity contribution < 1.29 is 4.39 Å². The van der Waals surface area contributed by atoms with Crippen LogP contribution in [0.3, 0.4) is 0 Å². The van der Waals surface area contributed by atoms with Gasteiger partial charge in [0.25, 0.3) is 0 Å². The van der Waals surface area contributed by atoms with Gasteiger partial charge in [0, 0.05) is 22.8 Å². The molecule has 0 amide bonds. The van der Waals surface area contributed by atoms with E-state index < -0.39 is 0 Å². The van der Waals surface area contributed by atoms with E-state index in [0.29, 0.717) is 28.1 Å². The summed E-state index contributed by atoms with van der Waals surface area (Å²) in [6, 6.07) is 14.7. The number of aromatic nitrogens is 4. The quantitative estimate of drug-likeness (QED) is 0.345. The number of anilines is 2. The third-order valence-corrected chi connectivity index (χ3v) is 6.02. The van der Waals surface area contributed by atoms with Crippen LogP contribution in [0.15, 0.2) is 54.7 Å². The molecule has 2 heterocycles. The van der Waals surface area contributed by atoms with Crippen LogP contribution in [-0.4, -0.2) is 24.7 Å². The largest absolute Gasteiger partial charge is 0.329 e. The summed E-state index contributed by atoms with van der Waals surface area (Å²) in [5, 5.41) is 16.2. The summed E-state index contributed by atoms with van der Waals surface area (Å²) in [6.07, 6.45) is 1.91. The molecule has 2 N–H and O–H groups in total. The third-order valence-electron chi connectivity index (χ3n) is 5.47. The molecule has 0 spiro atoms. The molecular formula is C24H24ClFN6S. The first-order chi connectivity index (χ1) is 15.8. The highest BCUT2D eigenvalue weighted by Gasteiger charge is 2.16. The number of nitrogens with zero attached hydrogens (tertiary/aromatic N) is 4. The van der Waals surface area contributed by atoms with Gasteiger partial charge < -0.3 is 10.6 Å².